The summed E-state index contributed by atoms with van der Waals surface area (Å²) in [5.41, 5.74) is 3.88. The average Bonchev–Trinajstić information content (AvgIpc) is 2.94. The quantitative estimate of drug-likeness (QED) is 0.532. The Morgan fingerprint density at radius 3 is 2.44 bits per heavy atom. The zero-order chi connectivity index (χ0) is 17.9. The number of ether oxygens (including phenoxy) is 1. The van der Waals surface area contributed by atoms with Crippen LogP contribution in [0.2, 0.25) is 5.02 Å². The van der Waals surface area contributed by atoms with E-state index >= 15 is 0 Å². The van der Waals surface area contributed by atoms with E-state index in [-0.39, 0.29) is 12.4 Å². The number of likely N-dealkylation sites (tertiary alicyclic amines) is 1. The molecular weight excluding hydrogens is 379 g/mol. The van der Waals surface area contributed by atoms with Gasteiger partial charge < -0.3 is 9.30 Å². The van der Waals surface area contributed by atoms with Gasteiger partial charge in [0.2, 0.25) is 0 Å². The predicted molar refractivity (Wildman–Crippen MR) is 115 cm³/mol. The maximum Gasteiger partial charge on any atom is 0.138 e. The van der Waals surface area contributed by atoms with Crippen molar-refractivity contribution in [2.24, 2.45) is 7.05 Å². The Kier molecular flexibility index (Phi) is 6.69. The molecule has 1 aliphatic rings. The van der Waals surface area contributed by atoms with E-state index in [0.717, 1.165) is 12.3 Å². The van der Waals surface area contributed by atoms with Crippen LogP contribution >= 0.6 is 24.0 Å². The molecule has 27 heavy (non-hydrogen) atoms. The molecule has 2 aromatic carbocycles. The highest BCUT2D eigenvalue weighted by Gasteiger charge is 2.19. The third-order valence-electron chi connectivity index (χ3n) is 5.38. The Balaban J connectivity index is 0.00000210. The van der Waals surface area contributed by atoms with Crippen LogP contribution in [0, 0.1) is 0 Å². The molecule has 0 saturated carbocycles. The van der Waals surface area contributed by atoms with E-state index in [1.165, 1.54) is 54.5 Å². The van der Waals surface area contributed by atoms with Crippen molar-refractivity contribution in [3.63, 3.8) is 0 Å². The van der Waals surface area contributed by atoms with Gasteiger partial charge >= 0.3 is 0 Å². The third kappa shape index (κ3) is 4.26. The second-order valence-corrected chi connectivity index (χ2v) is 7.46. The molecule has 3 nitrogen and oxygen atoms in total. The number of piperidine rings is 1. The van der Waals surface area contributed by atoms with E-state index in [4.69, 9.17) is 16.3 Å². The number of para-hydroxylation sites is 2. The zero-order valence-electron chi connectivity index (χ0n) is 15.7. The molecule has 4 rings (SSSR count). The molecule has 0 radical (unpaired) electrons. The molecule has 1 saturated heterocycles. The standard InChI is InChI=1S/C22H25ClN2O.ClH/c1-24-20-11-5-3-9-17(20)18(15-25-13-7-2-8-14-25)21(24)16-26-22-12-6-4-10-19(22)23;/h3-6,9-12H,2,7-8,13-16H2,1H3;1H. The van der Waals surface area contributed by atoms with Crippen LogP contribution in [0.3, 0.4) is 0 Å². The number of hydrogen-bond donors (Lipinski definition) is 0. The fourth-order valence-electron chi connectivity index (χ4n) is 3.93. The summed E-state index contributed by atoms with van der Waals surface area (Å²) >= 11 is 6.26. The van der Waals surface area contributed by atoms with Crippen molar-refractivity contribution in [2.75, 3.05) is 13.1 Å². The van der Waals surface area contributed by atoms with Gasteiger partial charge in [0.1, 0.15) is 12.4 Å². The van der Waals surface area contributed by atoms with Gasteiger partial charge in [-0.25, -0.2) is 0 Å². The number of halogens is 2. The number of fused-ring (bicyclic) bond motifs is 1. The van der Waals surface area contributed by atoms with Gasteiger partial charge in [-0.3, -0.25) is 4.90 Å². The molecule has 1 aliphatic heterocycles. The number of aryl methyl sites for hydroxylation is 1. The molecule has 144 valence electrons. The summed E-state index contributed by atoms with van der Waals surface area (Å²) in [7, 11) is 2.13. The summed E-state index contributed by atoms with van der Waals surface area (Å²) in [6.45, 7) is 3.89. The Hall–Kier alpha value is -1.68. The maximum absolute atomic E-state index is 6.26. The minimum absolute atomic E-state index is 0. The summed E-state index contributed by atoms with van der Waals surface area (Å²) in [5, 5.41) is 1.99. The van der Waals surface area contributed by atoms with Crippen molar-refractivity contribution >= 4 is 34.9 Å². The summed E-state index contributed by atoms with van der Waals surface area (Å²) in [6, 6.07) is 16.3. The smallest absolute Gasteiger partial charge is 0.138 e. The lowest BCUT2D eigenvalue weighted by atomic mass is 10.1. The first-order valence-electron chi connectivity index (χ1n) is 9.39. The summed E-state index contributed by atoms with van der Waals surface area (Å²) < 4.78 is 8.36. The molecule has 0 spiro atoms. The highest BCUT2D eigenvalue weighted by molar-refractivity contribution is 6.32. The lowest BCUT2D eigenvalue weighted by Gasteiger charge is -2.26. The zero-order valence-corrected chi connectivity index (χ0v) is 17.2. The lowest BCUT2D eigenvalue weighted by Crippen LogP contribution is -2.29. The van der Waals surface area contributed by atoms with Gasteiger partial charge in [0.25, 0.3) is 0 Å². The fourth-order valence-corrected chi connectivity index (χ4v) is 4.12. The molecular formula is C22H26Cl2N2O. The van der Waals surface area contributed by atoms with Gasteiger partial charge in [0.05, 0.1) is 10.7 Å². The minimum Gasteiger partial charge on any atom is -0.486 e. The van der Waals surface area contributed by atoms with E-state index in [9.17, 15) is 0 Å². The SMILES string of the molecule is Cl.Cn1c(COc2ccccc2Cl)c(CN2CCCCC2)c2ccccc21. The summed E-state index contributed by atoms with van der Waals surface area (Å²) in [5.74, 6) is 0.739. The average molecular weight is 405 g/mol. The Labute approximate surface area is 172 Å². The number of aromatic nitrogens is 1. The van der Waals surface area contributed by atoms with Crippen LogP contribution in [0.1, 0.15) is 30.5 Å². The largest absolute Gasteiger partial charge is 0.486 e. The Bertz CT molecular complexity index is 900. The number of rotatable bonds is 5. The molecule has 5 heteroatoms. The van der Waals surface area contributed by atoms with Crippen molar-refractivity contribution in [3.8, 4) is 5.75 Å². The minimum atomic E-state index is 0. The van der Waals surface area contributed by atoms with Crippen molar-refractivity contribution in [1.82, 2.24) is 9.47 Å². The van der Waals surface area contributed by atoms with E-state index in [1.54, 1.807) is 0 Å². The van der Waals surface area contributed by atoms with Crippen LogP contribution < -0.4 is 4.74 Å². The predicted octanol–water partition coefficient (Wildman–Crippen LogP) is 5.82. The lowest BCUT2D eigenvalue weighted by molar-refractivity contribution is 0.218. The second kappa shape index (κ2) is 9.01. The van der Waals surface area contributed by atoms with Gasteiger partial charge in [-0.15, -0.1) is 12.4 Å². The Morgan fingerprint density at radius 2 is 1.67 bits per heavy atom. The van der Waals surface area contributed by atoms with Gasteiger partial charge in [-0.2, -0.15) is 0 Å². The van der Waals surface area contributed by atoms with Gasteiger partial charge in [0.15, 0.2) is 0 Å². The first kappa shape index (κ1) is 20.1. The van der Waals surface area contributed by atoms with Crippen molar-refractivity contribution < 1.29 is 4.74 Å². The molecule has 2 heterocycles. The van der Waals surface area contributed by atoms with Crippen molar-refractivity contribution in [1.29, 1.82) is 0 Å². The molecule has 0 unspecified atom stereocenters. The van der Waals surface area contributed by atoms with E-state index in [1.807, 2.05) is 24.3 Å². The molecule has 1 aromatic heterocycles. The fraction of sp³-hybridized carbons (Fsp3) is 0.364. The van der Waals surface area contributed by atoms with Crippen LogP contribution in [0.15, 0.2) is 48.5 Å². The highest BCUT2D eigenvalue weighted by Crippen LogP contribution is 2.30. The number of nitrogens with zero attached hydrogens (tertiary/aromatic N) is 2. The van der Waals surface area contributed by atoms with Gasteiger partial charge in [-0.1, -0.05) is 48.4 Å². The van der Waals surface area contributed by atoms with E-state index in [0.29, 0.717) is 11.6 Å². The van der Waals surface area contributed by atoms with Crippen LogP contribution in [-0.4, -0.2) is 22.6 Å². The van der Waals surface area contributed by atoms with Crippen molar-refractivity contribution in [3.05, 3.63) is 64.8 Å². The molecule has 0 bridgehead atoms. The molecule has 3 aromatic rings. The molecule has 0 aliphatic carbocycles. The maximum atomic E-state index is 6.26. The van der Waals surface area contributed by atoms with Crippen LogP contribution in [0.4, 0.5) is 0 Å². The Morgan fingerprint density at radius 1 is 0.963 bits per heavy atom. The van der Waals surface area contributed by atoms with Gasteiger partial charge in [0, 0.05) is 24.5 Å². The van der Waals surface area contributed by atoms with E-state index < -0.39 is 0 Å². The molecule has 0 N–H and O–H groups in total. The van der Waals surface area contributed by atoms with Crippen LogP contribution in [0.5, 0.6) is 5.75 Å². The molecule has 0 amide bonds. The molecule has 0 atom stereocenters. The van der Waals surface area contributed by atoms with Crippen molar-refractivity contribution in [2.45, 2.75) is 32.4 Å². The first-order chi connectivity index (χ1) is 12.7. The topological polar surface area (TPSA) is 17.4 Å². The summed E-state index contributed by atoms with van der Waals surface area (Å²) in [4.78, 5) is 2.57. The first-order valence-corrected chi connectivity index (χ1v) is 9.76. The number of benzene rings is 2. The normalized spacial score (nSPS) is 14.9. The number of hydrogen-bond acceptors (Lipinski definition) is 2. The highest BCUT2D eigenvalue weighted by atomic mass is 35.5. The van der Waals surface area contributed by atoms with E-state index in [2.05, 4.69) is 40.8 Å². The van der Waals surface area contributed by atoms with Crippen LogP contribution in [0.25, 0.3) is 10.9 Å². The van der Waals surface area contributed by atoms with Gasteiger partial charge in [-0.05, 0) is 49.7 Å². The second-order valence-electron chi connectivity index (χ2n) is 7.06. The monoisotopic (exact) mass is 404 g/mol. The summed E-state index contributed by atoms with van der Waals surface area (Å²) in [6.07, 6.45) is 3.96. The molecule has 1 fully saturated rings. The third-order valence-corrected chi connectivity index (χ3v) is 5.69. The van der Waals surface area contributed by atoms with Crippen LogP contribution in [-0.2, 0) is 20.2 Å².